The Morgan fingerprint density at radius 2 is 1.54 bits per heavy atom. The number of benzene rings is 4. The third-order valence-electron chi connectivity index (χ3n) is 7.51. The smallest absolute Gasteiger partial charge is 0.264 e. The van der Waals surface area contributed by atoms with Gasteiger partial charge in [-0.15, -0.1) is 0 Å². The first kappa shape index (κ1) is 34.7. The number of carbonyl (C=O) groups excluding carboxylic acids is 2. The van der Waals surface area contributed by atoms with Gasteiger partial charge in [-0.05, 0) is 80.4 Å². The van der Waals surface area contributed by atoms with E-state index in [4.69, 9.17) is 21.1 Å². The summed E-state index contributed by atoms with van der Waals surface area (Å²) < 4.78 is 54.8. The number of anilines is 1. The molecule has 0 radical (unpaired) electrons. The third-order valence-corrected chi connectivity index (χ3v) is 9.51. The molecule has 1 aliphatic rings. The molecule has 12 heteroatoms. The SMILES string of the molecule is CC(C)(C)NC(=O)[C@@H](Cc1ccccc1)N(Cc1cccc(Cl)c1)C(=O)CN(c1ccc(F)cc1)S(=O)(=O)c1ccc2c(c1)OCCO2. The van der Waals surface area contributed by atoms with Gasteiger partial charge < -0.3 is 19.7 Å². The zero-order valence-electron chi connectivity index (χ0n) is 26.9. The Bertz CT molecular complexity index is 1870. The van der Waals surface area contributed by atoms with Gasteiger partial charge in [0.2, 0.25) is 11.8 Å². The Kier molecular flexibility index (Phi) is 10.6. The van der Waals surface area contributed by atoms with Crippen LogP contribution in [0.3, 0.4) is 0 Å². The molecular formula is C36H37ClFN3O6S. The number of ether oxygens (including phenoxy) is 2. The van der Waals surface area contributed by atoms with E-state index in [0.29, 0.717) is 22.9 Å². The lowest BCUT2D eigenvalue weighted by Crippen LogP contribution is -2.56. The van der Waals surface area contributed by atoms with E-state index in [1.54, 1.807) is 24.3 Å². The van der Waals surface area contributed by atoms with Crippen molar-refractivity contribution in [1.29, 1.82) is 0 Å². The van der Waals surface area contributed by atoms with E-state index in [-0.39, 0.29) is 35.9 Å². The Morgan fingerprint density at radius 3 is 2.21 bits per heavy atom. The molecule has 1 heterocycles. The highest BCUT2D eigenvalue weighted by atomic mass is 35.5. The van der Waals surface area contributed by atoms with Crippen molar-refractivity contribution < 1.29 is 31.9 Å². The van der Waals surface area contributed by atoms with E-state index >= 15 is 0 Å². The number of carbonyl (C=O) groups is 2. The van der Waals surface area contributed by atoms with Crippen LogP contribution in [0.2, 0.25) is 5.02 Å². The summed E-state index contributed by atoms with van der Waals surface area (Å²) in [5.41, 5.74) is 0.870. The lowest BCUT2D eigenvalue weighted by Gasteiger charge is -2.35. The van der Waals surface area contributed by atoms with Crippen LogP contribution in [0, 0.1) is 5.82 Å². The zero-order chi connectivity index (χ0) is 34.5. The van der Waals surface area contributed by atoms with Gasteiger partial charge in [-0.1, -0.05) is 54.1 Å². The standard InChI is InChI=1S/C36H37ClFN3O6S/c1-36(2,3)39-35(43)31(21-25-8-5-4-6-9-25)40(23-26-10-7-11-27(37)20-26)34(42)24-41(29-14-12-28(38)13-15-29)48(44,45)30-16-17-32-33(22-30)47-19-18-46-32/h4-17,20,22,31H,18-19,21,23-24H2,1-3H3,(H,39,43)/t31-/m1/s1. The molecule has 1 N–H and O–H groups in total. The molecule has 0 aromatic heterocycles. The van der Waals surface area contributed by atoms with Crippen molar-refractivity contribution in [1.82, 2.24) is 10.2 Å². The number of fused-ring (bicyclic) bond motifs is 1. The van der Waals surface area contributed by atoms with Crippen LogP contribution in [0.4, 0.5) is 10.1 Å². The normalized spacial score (nSPS) is 13.4. The molecule has 0 saturated carbocycles. The minimum absolute atomic E-state index is 0.0458. The molecule has 0 aliphatic carbocycles. The van der Waals surface area contributed by atoms with Crippen LogP contribution in [0.5, 0.6) is 11.5 Å². The molecule has 252 valence electrons. The van der Waals surface area contributed by atoms with Crippen molar-refractivity contribution in [2.75, 3.05) is 24.1 Å². The monoisotopic (exact) mass is 693 g/mol. The summed E-state index contributed by atoms with van der Waals surface area (Å²) in [6.45, 7) is 5.34. The molecule has 4 aromatic carbocycles. The maximum Gasteiger partial charge on any atom is 0.264 e. The van der Waals surface area contributed by atoms with E-state index < -0.39 is 45.8 Å². The maximum absolute atomic E-state index is 14.6. The molecule has 0 saturated heterocycles. The second-order valence-electron chi connectivity index (χ2n) is 12.4. The minimum Gasteiger partial charge on any atom is -0.486 e. The lowest BCUT2D eigenvalue weighted by molar-refractivity contribution is -0.140. The second-order valence-corrected chi connectivity index (χ2v) is 14.7. The number of sulfonamides is 1. The fourth-order valence-corrected chi connectivity index (χ4v) is 6.93. The highest BCUT2D eigenvalue weighted by molar-refractivity contribution is 7.92. The van der Waals surface area contributed by atoms with Crippen molar-refractivity contribution in [3.8, 4) is 11.5 Å². The predicted octanol–water partition coefficient (Wildman–Crippen LogP) is 6.00. The van der Waals surface area contributed by atoms with E-state index in [1.807, 2.05) is 51.1 Å². The van der Waals surface area contributed by atoms with Crippen LogP contribution in [0.25, 0.3) is 0 Å². The fraction of sp³-hybridized carbons (Fsp3) is 0.278. The van der Waals surface area contributed by atoms with Gasteiger partial charge in [-0.25, -0.2) is 12.8 Å². The first-order valence-corrected chi connectivity index (χ1v) is 17.2. The molecule has 0 bridgehead atoms. The quantitative estimate of drug-likeness (QED) is 0.207. The molecule has 1 atom stereocenters. The van der Waals surface area contributed by atoms with Gasteiger partial charge in [0.1, 0.15) is 31.6 Å². The summed E-state index contributed by atoms with van der Waals surface area (Å²) >= 11 is 6.30. The Morgan fingerprint density at radius 1 is 0.875 bits per heavy atom. The van der Waals surface area contributed by atoms with Crippen LogP contribution in [-0.4, -0.2) is 56.5 Å². The van der Waals surface area contributed by atoms with Crippen molar-refractivity contribution in [3.63, 3.8) is 0 Å². The van der Waals surface area contributed by atoms with E-state index in [0.717, 1.165) is 22.0 Å². The Balaban J connectivity index is 1.58. The molecule has 2 amide bonds. The summed E-state index contributed by atoms with van der Waals surface area (Å²) in [4.78, 5) is 29.8. The Labute approximate surface area is 285 Å². The van der Waals surface area contributed by atoms with Crippen molar-refractivity contribution in [3.05, 3.63) is 119 Å². The highest BCUT2D eigenvalue weighted by Gasteiger charge is 2.36. The largest absolute Gasteiger partial charge is 0.486 e. The van der Waals surface area contributed by atoms with Crippen molar-refractivity contribution in [2.24, 2.45) is 0 Å². The van der Waals surface area contributed by atoms with Gasteiger partial charge in [-0.3, -0.25) is 13.9 Å². The molecule has 1 aliphatic heterocycles. The summed E-state index contributed by atoms with van der Waals surface area (Å²) in [5.74, 6) is -1.01. The Hall–Kier alpha value is -4.61. The lowest BCUT2D eigenvalue weighted by atomic mass is 10.0. The molecule has 48 heavy (non-hydrogen) atoms. The number of rotatable bonds is 11. The maximum atomic E-state index is 14.6. The van der Waals surface area contributed by atoms with E-state index in [9.17, 15) is 22.4 Å². The van der Waals surface area contributed by atoms with Gasteiger partial charge in [-0.2, -0.15) is 0 Å². The molecule has 0 spiro atoms. The number of hydrogen-bond acceptors (Lipinski definition) is 6. The van der Waals surface area contributed by atoms with Gasteiger partial charge in [0, 0.05) is 29.6 Å². The second kappa shape index (κ2) is 14.7. The molecule has 5 rings (SSSR count). The minimum atomic E-state index is -4.44. The average molecular weight is 694 g/mol. The van der Waals surface area contributed by atoms with Crippen LogP contribution in [0.1, 0.15) is 31.9 Å². The van der Waals surface area contributed by atoms with Crippen LogP contribution < -0.4 is 19.1 Å². The number of hydrogen-bond donors (Lipinski definition) is 1. The number of amides is 2. The summed E-state index contributed by atoms with van der Waals surface area (Å²) in [7, 11) is -4.44. The number of halogens is 2. The highest BCUT2D eigenvalue weighted by Crippen LogP contribution is 2.34. The van der Waals surface area contributed by atoms with Gasteiger partial charge in [0.25, 0.3) is 10.0 Å². The average Bonchev–Trinajstić information content (AvgIpc) is 3.05. The van der Waals surface area contributed by atoms with E-state index in [1.165, 1.54) is 35.2 Å². The fourth-order valence-electron chi connectivity index (χ4n) is 5.29. The number of nitrogens with one attached hydrogen (secondary N) is 1. The summed E-state index contributed by atoms with van der Waals surface area (Å²) in [5, 5.41) is 3.43. The first-order chi connectivity index (χ1) is 22.8. The van der Waals surface area contributed by atoms with Crippen molar-refractivity contribution in [2.45, 2.75) is 50.2 Å². The van der Waals surface area contributed by atoms with Gasteiger partial charge >= 0.3 is 0 Å². The first-order valence-electron chi connectivity index (χ1n) is 15.4. The van der Waals surface area contributed by atoms with Gasteiger partial charge in [0.05, 0.1) is 10.6 Å². The topological polar surface area (TPSA) is 105 Å². The summed E-state index contributed by atoms with van der Waals surface area (Å²) in [6, 6.07) is 24.1. The zero-order valence-corrected chi connectivity index (χ0v) is 28.4. The molecule has 9 nitrogen and oxygen atoms in total. The third kappa shape index (κ3) is 8.64. The molecular weight excluding hydrogens is 657 g/mol. The van der Waals surface area contributed by atoms with Gasteiger partial charge in [0.15, 0.2) is 11.5 Å². The van der Waals surface area contributed by atoms with Crippen molar-refractivity contribution >= 4 is 39.1 Å². The number of nitrogens with zero attached hydrogens (tertiary/aromatic N) is 2. The van der Waals surface area contributed by atoms with Crippen LogP contribution in [-0.2, 0) is 32.6 Å². The molecule has 0 fully saturated rings. The van der Waals surface area contributed by atoms with Crippen LogP contribution >= 0.6 is 11.6 Å². The van der Waals surface area contributed by atoms with E-state index in [2.05, 4.69) is 5.32 Å². The summed E-state index contributed by atoms with van der Waals surface area (Å²) in [6.07, 6.45) is 0.153. The molecule has 4 aromatic rings. The predicted molar refractivity (Wildman–Crippen MR) is 182 cm³/mol. The molecule has 0 unspecified atom stereocenters. The van der Waals surface area contributed by atoms with Crippen LogP contribution in [0.15, 0.2) is 102 Å².